The first-order valence-corrected chi connectivity index (χ1v) is 10.8. The highest BCUT2D eigenvalue weighted by Crippen LogP contribution is 2.34. The Morgan fingerprint density at radius 1 is 1.31 bits per heavy atom. The Hall–Kier alpha value is -2.45. The Morgan fingerprint density at radius 3 is 2.46 bits per heavy atom. The Balaban J connectivity index is 3.52. The molecule has 0 saturated carbocycles. The Kier molecular flexibility index (Phi) is 7.29. The van der Waals surface area contributed by atoms with Gasteiger partial charge in [-0.1, -0.05) is 26.3 Å². The van der Waals surface area contributed by atoms with Gasteiger partial charge in [0.2, 0.25) is 19.9 Å². The van der Waals surface area contributed by atoms with Crippen molar-refractivity contribution in [1.29, 1.82) is 5.26 Å². The average molecular weight is 401 g/mol. The van der Waals surface area contributed by atoms with Crippen LogP contribution in [0.25, 0.3) is 0 Å². The van der Waals surface area contributed by atoms with Crippen LogP contribution < -0.4 is 4.72 Å². The number of sulfone groups is 1. The van der Waals surface area contributed by atoms with Crippen LogP contribution >= 0.6 is 0 Å². The highest BCUT2D eigenvalue weighted by molar-refractivity contribution is 7.94. The standard InChI is InChI=1S/C15H19N3O6S2/c1-3-7-12(4-2)26(23,24)17-13-8-5-9-14(15(13)18(19)20)25(21,22)11-6-10-16/h5-6,8-9,11-12,17H,3-4,7H2,1-2H3. The zero-order chi connectivity index (χ0) is 20.0. The predicted octanol–water partition coefficient (Wildman–Crippen LogP) is 2.73. The molecular weight excluding hydrogens is 382 g/mol. The number of hydrogen-bond donors (Lipinski definition) is 1. The molecule has 0 aromatic heterocycles. The van der Waals surface area contributed by atoms with E-state index in [9.17, 15) is 26.9 Å². The monoisotopic (exact) mass is 401 g/mol. The number of nitro benzene ring substituents is 1. The van der Waals surface area contributed by atoms with Gasteiger partial charge in [0.25, 0.3) is 0 Å². The van der Waals surface area contributed by atoms with E-state index in [2.05, 4.69) is 4.72 Å². The number of nitro groups is 1. The molecule has 0 saturated heterocycles. The number of allylic oxidation sites excluding steroid dienone is 1. The molecule has 0 amide bonds. The summed E-state index contributed by atoms with van der Waals surface area (Å²) < 4.78 is 51.5. The number of nitrogens with zero attached hydrogens (tertiary/aromatic N) is 2. The van der Waals surface area contributed by atoms with Gasteiger partial charge in [0.1, 0.15) is 5.69 Å². The first kappa shape index (κ1) is 21.6. The van der Waals surface area contributed by atoms with Gasteiger partial charge in [-0.15, -0.1) is 0 Å². The topological polar surface area (TPSA) is 147 Å². The second-order valence-electron chi connectivity index (χ2n) is 5.35. The van der Waals surface area contributed by atoms with Crippen LogP contribution in [0.3, 0.4) is 0 Å². The minimum absolute atomic E-state index is 0.305. The summed E-state index contributed by atoms with van der Waals surface area (Å²) in [4.78, 5) is 9.77. The van der Waals surface area contributed by atoms with E-state index < -0.39 is 46.3 Å². The number of anilines is 1. The third kappa shape index (κ3) is 5.03. The highest BCUT2D eigenvalue weighted by Gasteiger charge is 2.31. The molecule has 1 unspecified atom stereocenters. The molecule has 142 valence electrons. The fourth-order valence-corrected chi connectivity index (χ4v) is 5.08. The number of sulfonamides is 1. The Bertz CT molecular complexity index is 946. The van der Waals surface area contributed by atoms with E-state index in [0.29, 0.717) is 30.7 Å². The summed E-state index contributed by atoms with van der Waals surface area (Å²) in [5.41, 5.74) is -1.32. The molecule has 1 rings (SSSR count). The smallest absolute Gasteiger partial charge is 0.277 e. The van der Waals surface area contributed by atoms with E-state index in [1.165, 1.54) is 12.1 Å². The van der Waals surface area contributed by atoms with Gasteiger partial charge >= 0.3 is 5.69 Å². The van der Waals surface area contributed by atoms with Gasteiger partial charge in [-0.05, 0) is 25.0 Å². The molecule has 0 spiro atoms. The lowest BCUT2D eigenvalue weighted by atomic mass is 10.2. The summed E-state index contributed by atoms with van der Waals surface area (Å²) >= 11 is 0. The van der Waals surface area contributed by atoms with Gasteiger partial charge in [-0.3, -0.25) is 14.8 Å². The van der Waals surface area contributed by atoms with E-state index in [4.69, 9.17) is 5.26 Å². The van der Waals surface area contributed by atoms with Crippen molar-refractivity contribution in [3.05, 3.63) is 39.8 Å². The van der Waals surface area contributed by atoms with E-state index >= 15 is 0 Å². The van der Waals surface area contributed by atoms with Gasteiger partial charge in [0.15, 0.2) is 4.90 Å². The second-order valence-corrected chi connectivity index (χ2v) is 9.12. The number of nitriles is 1. The molecule has 1 atom stereocenters. The zero-order valence-corrected chi connectivity index (χ0v) is 15.9. The quantitative estimate of drug-likeness (QED) is 0.380. The van der Waals surface area contributed by atoms with Crippen LogP contribution in [0, 0.1) is 21.4 Å². The van der Waals surface area contributed by atoms with Crippen LogP contribution in [0.5, 0.6) is 0 Å². The lowest BCUT2D eigenvalue weighted by Gasteiger charge is -2.17. The summed E-state index contributed by atoms with van der Waals surface area (Å²) in [5.74, 6) is 0. The van der Waals surface area contributed by atoms with Crippen LogP contribution in [0.2, 0.25) is 0 Å². The highest BCUT2D eigenvalue weighted by atomic mass is 32.2. The van der Waals surface area contributed by atoms with Crippen molar-refractivity contribution in [1.82, 2.24) is 0 Å². The molecule has 0 aliphatic rings. The van der Waals surface area contributed by atoms with Gasteiger partial charge in [-0.2, -0.15) is 5.26 Å². The molecule has 0 heterocycles. The molecule has 9 nitrogen and oxygen atoms in total. The number of hydrogen-bond acceptors (Lipinski definition) is 7. The van der Waals surface area contributed by atoms with Crippen LogP contribution in [0.4, 0.5) is 11.4 Å². The second kappa shape index (κ2) is 8.77. The summed E-state index contributed by atoms with van der Waals surface area (Å²) in [6.07, 6.45) is 1.95. The van der Waals surface area contributed by atoms with Gasteiger partial charge in [0.05, 0.1) is 16.2 Å². The van der Waals surface area contributed by atoms with Crippen LogP contribution in [-0.2, 0) is 19.9 Å². The number of rotatable bonds is 9. The van der Waals surface area contributed by atoms with Crippen molar-refractivity contribution in [2.75, 3.05) is 4.72 Å². The molecule has 0 aliphatic heterocycles. The molecule has 1 aromatic rings. The molecule has 1 N–H and O–H groups in total. The average Bonchev–Trinajstić information content (AvgIpc) is 2.56. The lowest BCUT2D eigenvalue weighted by Crippen LogP contribution is -2.27. The predicted molar refractivity (Wildman–Crippen MR) is 96.6 cm³/mol. The van der Waals surface area contributed by atoms with Crippen LogP contribution in [-0.4, -0.2) is 27.0 Å². The number of benzene rings is 1. The third-order valence-electron chi connectivity index (χ3n) is 3.57. The number of nitrogens with one attached hydrogen (secondary N) is 1. The molecule has 0 radical (unpaired) electrons. The normalized spacial score (nSPS) is 13.3. The molecule has 11 heteroatoms. The molecular formula is C15H19N3O6S2. The van der Waals surface area contributed by atoms with E-state index in [-0.39, 0.29) is 0 Å². The van der Waals surface area contributed by atoms with Crippen LogP contribution in [0.1, 0.15) is 33.1 Å². The van der Waals surface area contributed by atoms with Gasteiger partial charge in [0, 0.05) is 11.5 Å². The summed E-state index contributed by atoms with van der Waals surface area (Å²) in [5, 5.41) is 19.7. The lowest BCUT2D eigenvalue weighted by molar-refractivity contribution is -0.386. The van der Waals surface area contributed by atoms with Crippen molar-refractivity contribution in [2.24, 2.45) is 0 Å². The first-order valence-electron chi connectivity index (χ1n) is 7.71. The molecule has 1 aromatic carbocycles. The SMILES string of the molecule is CCCC(CC)S(=O)(=O)Nc1cccc(S(=O)(=O)C=CC#N)c1[N+](=O)[O-]. The van der Waals surface area contributed by atoms with E-state index in [1.54, 1.807) is 6.92 Å². The third-order valence-corrected chi connectivity index (χ3v) is 6.95. The molecule has 26 heavy (non-hydrogen) atoms. The molecule has 0 aliphatic carbocycles. The van der Waals surface area contributed by atoms with E-state index in [0.717, 1.165) is 12.1 Å². The maximum absolute atomic E-state index is 12.5. The Labute approximate surface area is 152 Å². The number of para-hydroxylation sites is 1. The Morgan fingerprint density at radius 2 is 1.96 bits per heavy atom. The van der Waals surface area contributed by atoms with Crippen molar-refractivity contribution in [3.8, 4) is 6.07 Å². The van der Waals surface area contributed by atoms with Crippen molar-refractivity contribution >= 4 is 31.2 Å². The zero-order valence-electron chi connectivity index (χ0n) is 14.2. The molecule has 0 fully saturated rings. The van der Waals surface area contributed by atoms with E-state index in [1.807, 2.05) is 6.92 Å². The largest absolute Gasteiger partial charge is 0.312 e. The minimum Gasteiger partial charge on any atom is -0.277 e. The summed E-state index contributed by atoms with van der Waals surface area (Å²) in [6, 6.07) is 4.79. The van der Waals surface area contributed by atoms with Crippen molar-refractivity contribution in [2.45, 2.75) is 43.3 Å². The maximum atomic E-state index is 12.5. The maximum Gasteiger partial charge on any atom is 0.312 e. The van der Waals surface area contributed by atoms with Crippen molar-refractivity contribution < 1.29 is 21.8 Å². The first-order chi connectivity index (χ1) is 12.1. The fourth-order valence-electron chi connectivity index (χ4n) is 2.35. The summed E-state index contributed by atoms with van der Waals surface area (Å²) in [6.45, 7) is 3.50. The van der Waals surface area contributed by atoms with Crippen LogP contribution in [0.15, 0.2) is 34.6 Å². The van der Waals surface area contributed by atoms with Crippen molar-refractivity contribution in [3.63, 3.8) is 0 Å². The minimum atomic E-state index is -4.29. The van der Waals surface area contributed by atoms with Gasteiger partial charge in [-0.25, -0.2) is 16.8 Å². The fraction of sp³-hybridized carbons (Fsp3) is 0.400. The molecule has 0 bridgehead atoms. The van der Waals surface area contributed by atoms with Gasteiger partial charge < -0.3 is 0 Å². The summed E-state index contributed by atoms with van der Waals surface area (Å²) in [7, 11) is -8.23.